The number of hydroxylamine groups is 2. The van der Waals surface area contributed by atoms with Crippen LogP contribution in [0.15, 0.2) is 0 Å². The summed E-state index contributed by atoms with van der Waals surface area (Å²) in [5, 5.41) is 15.9. The number of amides is 2. The molecule has 2 heterocycles. The van der Waals surface area contributed by atoms with Crippen LogP contribution in [0.3, 0.4) is 0 Å². The smallest absolute Gasteiger partial charge is 0.242 e. The molecule has 2 amide bonds. The Morgan fingerprint density at radius 3 is 2.17 bits per heavy atom. The van der Waals surface area contributed by atoms with Gasteiger partial charge in [0.2, 0.25) is 11.8 Å². The summed E-state index contributed by atoms with van der Waals surface area (Å²) < 4.78 is 23.2. The fourth-order valence-electron chi connectivity index (χ4n) is 4.60. The summed E-state index contributed by atoms with van der Waals surface area (Å²) in [5.74, 6) is 0.279. The summed E-state index contributed by atoms with van der Waals surface area (Å²) in [6.07, 6.45) is 4.43. The van der Waals surface area contributed by atoms with E-state index in [2.05, 4.69) is 10.6 Å². The van der Waals surface area contributed by atoms with Gasteiger partial charge in [-0.3, -0.25) is 9.59 Å². The third kappa shape index (κ3) is 6.58. The first-order chi connectivity index (χ1) is 13.8. The van der Waals surface area contributed by atoms with Crippen LogP contribution in [0, 0.1) is 5.92 Å². The highest BCUT2D eigenvalue weighted by molar-refractivity contribution is 7.98. The van der Waals surface area contributed by atoms with Gasteiger partial charge in [-0.15, -0.1) is 0 Å². The zero-order valence-electron chi connectivity index (χ0n) is 18.8. The summed E-state index contributed by atoms with van der Waals surface area (Å²) in [6, 6.07) is -0.803. The number of sulfone groups is 1. The molecule has 174 valence electrons. The highest BCUT2D eigenvalue weighted by Gasteiger charge is 2.50. The van der Waals surface area contributed by atoms with Gasteiger partial charge in [-0.2, -0.15) is 11.8 Å². The zero-order chi connectivity index (χ0) is 22.7. The van der Waals surface area contributed by atoms with Crippen LogP contribution in [0.4, 0.5) is 0 Å². The summed E-state index contributed by atoms with van der Waals surface area (Å²) >= 11 is 1.61. The lowest BCUT2D eigenvalue weighted by Crippen LogP contribution is -2.61. The summed E-state index contributed by atoms with van der Waals surface area (Å²) in [4.78, 5) is 26.0. The van der Waals surface area contributed by atoms with Crippen LogP contribution in [0.5, 0.6) is 0 Å². The van der Waals surface area contributed by atoms with Crippen molar-refractivity contribution in [3.05, 3.63) is 0 Å². The molecule has 0 aromatic carbocycles. The lowest BCUT2D eigenvalue weighted by molar-refractivity contribution is -0.249. The second-order valence-corrected chi connectivity index (χ2v) is 13.1. The topological polar surface area (TPSA) is 118 Å². The van der Waals surface area contributed by atoms with Gasteiger partial charge >= 0.3 is 0 Å². The molecule has 2 saturated heterocycles. The molecule has 0 aromatic heterocycles. The molecule has 10 heteroatoms. The number of nitrogens with one attached hydrogen (secondary N) is 2. The first-order valence-corrected chi connectivity index (χ1v) is 13.8. The SMILES string of the molecule is CSCCC(NC(=O)C1CC(C)(C)N([OH2+])C(C)(C)C1)C(=O)NC1CCS(=O)(=O)CC1. The Bertz CT molecular complexity index is 707. The maximum absolute atomic E-state index is 13.1. The van der Waals surface area contributed by atoms with Gasteiger partial charge in [0.1, 0.15) is 15.9 Å². The van der Waals surface area contributed by atoms with E-state index in [9.17, 15) is 18.0 Å². The predicted octanol–water partition coefficient (Wildman–Crippen LogP) is 0.827. The molecule has 4 N–H and O–H groups in total. The Morgan fingerprint density at radius 1 is 1.13 bits per heavy atom. The van der Waals surface area contributed by atoms with Crippen LogP contribution in [0.2, 0.25) is 0 Å². The number of carbonyl (C=O) groups excluding carboxylic acids is 2. The number of rotatable bonds is 7. The summed E-state index contributed by atoms with van der Waals surface area (Å²) in [6.45, 7) is 7.87. The average Bonchev–Trinajstić information content (AvgIpc) is 2.64. The Morgan fingerprint density at radius 2 is 1.67 bits per heavy atom. The molecule has 8 nitrogen and oxygen atoms in total. The maximum Gasteiger partial charge on any atom is 0.242 e. The number of hydrogen-bond acceptors (Lipinski definition) is 6. The zero-order valence-corrected chi connectivity index (χ0v) is 20.4. The van der Waals surface area contributed by atoms with Crippen molar-refractivity contribution in [2.24, 2.45) is 5.92 Å². The van der Waals surface area contributed by atoms with Gasteiger partial charge in [-0.25, -0.2) is 8.42 Å². The molecule has 0 saturated carbocycles. The summed E-state index contributed by atoms with van der Waals surface area (Å²) in [7, 11) is -2.99. The van der Waals surface area contributed by atoms with Gasteiger partial charge in [0.15, 0.2) is 0 Å². The van der Waals surface area contributed by atoms with Gasteiger partial charge in [0, 0.05) is 12.0 Å². The van der Waals surface area contributed by atoms with E-state index in [-0.39, 0.29) is 35.3 Å². The Kier molecular flexibility index (Phi) is 8.26. The predicted molar refractivity (Wildman–Crippen MR) is 121 cm³/mol. The monoisotopic (exact) mass is 464 g/mol. The quantitative estimate of drug-likeness (QED) is 0.539. The second kappa shape index (κ2) is 9.75. The minimum absolute atomic E-state index is 0.0929. The lowest BCUT2D eigenvalue weighted by atomic mass is 9.75. The lowest BCUT2D eigenvalue weighted by Gasteiger charge is -2.47. The van der Waals surface area contributed by atoms with E-state index in [0.717, 1.165) is 5.75 Å². The molecule has 30 heavy (non-hydrogen) atoms. The number of piperidine rings is 1. The number of hydrogen-bond donors (Lipinski definition) is 2. The molecule has 0 radical (unpaired) electrons. The highest BCUT2D eigenvalue weighted by Crippen LogP contribution is 2.40. The first-order valence-electron chi connectivity index (χ1n) is 10.6. The largest absolute Gasteiger partial charge is 0.352 e. The van der Waals surface area contributed by atoms with Crippen molar-refractivity contribution >= 4 is 33.4 Å². The van der Waals surface area contributed by atoms with E-state index in [4.69, 9.17) is 5.21 Å². The van der Waals surface area contributed by atoms with Crippen LogP contribution in [-0.4, -0.2) is 77.2 Å². The van der Waals surface area contributed by atoms with Gasteiger partial charge in [-0.05, 0) is 71.8 Å². The average molecular weight is 465 g/mol. The van der Waals surface area contributed by atoms with E-state index < -0.39 is 27.0 Å². The molecule has 0 bridgehead atoms. The standard InChI is InChI=1S/C20H37N3O5S2/c1-19(2)12-14(13-20(3,4)23(19)26)17(24)22-16(6-9-29-5)18(25)21-15-7-10-30(27,28)11-8-15/h14-16,26H,6-13H2,1-5H3,(H,21,25)(H,22,24)/p+1. The highest BCUT2D eigenvalue weighted by atomic mass is 32.2. The van der Waals surface area contributed by atoms with Crippen LogP contribution >= 0.6 is 11.8 Å². The Balaban J connectivity index is 2.02. The van der Waals surface area contributed by atoms with Crippen molar-refractivity contribution in [1.29, 1.82) is 0 Å². The van der Waals surface area contributed by atoms with Crippen LogP contribution in [0.25, 0.3) is 0 Å². The number of thioether (sulfide) groups is 1. The third-order valence-electron chi connectivity index (χ3n) is 6.22. The Labute approximate surface area is 184 Å². The summed E-state index contributed by atoms with van der Waals surface area (Å²) in [5.41, 5.74) is -0.872. The van der Waals surface area contributed by atoms with Gasteiger partial charge in [-0.1, -0.05) is 5.06 Å². The van der Waals surface area contributed by atoms with Crippen LogP contribution in [0.1, 0.15) is 59.8 Å². The van der Waals surface area contributed by atoms with Crippen molar-refractivity contribution in [2.45, 2.75) is 83.0 Å². The van der Waals surface area contributed by atoms with Crippen LogP contribution in [-0.2, 0) is 19.4 Å². The van der Waals surface area contributed by atoms with E-state index in [1.54, 1.807) is 16.8 Å². The van der Waals surface area contributed by atoms with E-state index in [0.29, 0.717) is 32.1 Å². The minimum atomic E-state index is -2.99. The normalized spacial score (nSPS) is 25.4. The van der Waals surface area contributed by atoms with E-state index in [1.807, 2.05) is 34.0 Å². The molecule has 2 aliphatic rings. The first kappa shape index (κ1) is 25.4. The van der Waals surface area contributed by atoms with Crippen molar-refractivity contribution in [3.8, 4) is 0 Å². The molecule has 0 aliphatic carbocycles. The van der Waals surface area contributed by atoms with Gasteiger partial charge in [0.05, 0.1) is 22.6 Å². The second-order valence-electron chi connectivity index (χ2n) is 9.84. The van der Waals surface area contributed by atoms with Crippen molar-refractivity contribution in [2.75, 3.05) is 23.5 Å². The van der Waals surface area contributed by atoms with Gasteiger partial charge < -0.3 is 15.8 Å². The van der Waals surface area contributed by atoms with Crippen molar-refractivity contribution in [3.63, 3.8) is 0 Å². The molecule has 1 atom stereocenters. The fourth-order valence-corrected chi connectivity index (χ4v) is 6.56. The molecular weight excluding hydrogens is 426 g/mol. The Hall–Kier alpha value is -0.840. The number of carbonyl (C=O) groups is 2. The fraction of sp³-hybridized carbons (Fsp3) is 0.900. The number of nitrogens with zero attached hydrogens (tertiary/aromatic N) is 1. The molecular formula is C20H38N3O5S2+. The molecule has 2 aliphatic heterocycles. The van der Waals surface area contributed by atoms with Crippen LogP contribution < -0.4 is 10.6 Å². The molecule has 0 spiro atoms. The molecule has 2 rings (SSSR count). The molecule has 1 unspecified atom stereocenters. The molecule has 0 aromatic rings. The maximum atomic E-state index is 13.1. The van der Waals surface area contributed by atoms with Crippen molar-refractivity contribution in [1.82, 2.24) is 15.7 Å². The van der Waals surface area contributed by atoms with Crippen molar-refractivity contribution < 1.29 is 23.2 Å². The molecule has 2 fully saturated rings. The van der Waals surface area contributed by atoms with E-state index >= 15 is 0 Å². The minimum Gasteiger partial charge on any atom is -0.352 e. The third-order valence-corrected chi connectivity index (χ3v) is 8.58. The van der Waals surface area contributed by atoms with E-state index in [1.165, 1.54) is 0 Å². The van der Waals surface area contributed by atoms with Gasteiger partial charge in [0.25, 0.3) is 0 Å².